The Morgan fingerprint density at radius 1 is 0.600 bits per heavy atom. The molecule has 0 saturated heterocycles. The van der Waals surface area contributed by atoms with E-state index in [-0.39, 0.29) is 0 Å². The van der Waals surface area contributed by atoms with Gasteiger partial charge in [-0.3, -0.25) is 0 Å². The molecule has 0 nitrogen and oxygen atoms in total. The van der Waals surface area contributed by atoms with E-state index in [0.29, 0.717) is 0 Å². The van der Waals surface area contributed by atoms with E-state index in [0.717, 1.165) is 23.7 Å². The lowest BCUT2D eigenvalue weighted by Crippen LogP contribution is -2.19. The first-order valence-electron chi connectivity index (χ1n) is 7.25. The topological polar surface area (TPSA) is 0 Å². The van der Waals surface area contributed by atoms with Crippen LogP contribution in [0, 0.1) is 23.7 Å². The molecule has 2 saturated carbocycles. The molecule has 15 heavy (non-hydrogen) atoms. The smallest absolute Gasteiger partial charge is 0.0383 e. The molecule has 88 valence electrons. The molecule has 3 unspecified atom stereocenters. The van der Waals surface area contributed by atoms with Gasteiger partial charge >= 0.3 is 0 Å². The summed E-state index contributed by atoms with van der Waals surface area (Å²) in [7, 11) is 0. The fourth-order valence-electron chi connectivity index (χ4n) is 4.07. The molecular weight excluding hydrogens is 180 g/mol. The molecule has 2 fully saturated rings. The summed E-state index contributed by atoms with van der Waals surface area (Å²) in [6.45, 7) is 4.94. The van der Waals surface area contributed by atoms with E-state index in [4.69, 9.17) is 0 Å². The molecule has 3 atom stereocenters. The summed E-state index contributed by atoms with van der Waals surface area (Å²) in [6.07, 6.45) is 13.7. The summed E-state index contributed by atoms with van der Waals surface area (Å²) in [5.41, 5.74) is 0. The SMILES string of the molecule is CC1CCC(C2CCCCC2)CC(C)C1. The Labute approximate surface area is 95.8 Å². The van der Waals surface area contributed by atoms with Crippen LogP contribution in [0.1, 0.15) is 71.6 Å². The number of rotatable bonds is 1. The van der Waals surface area contributed by atoms with Crippen LogP contribution in [0.5, 0.6) is 0 Å². The summed E-state index contributed by atoms with van der Waals surface area (Å²) in [5, 5.41) is 0. The lowest BCUT2D eigenvalue weighted by atomic mass is 9.75. The van der Waals surface area contributed by atoms with Crippen molar-refractivity contribution in [2.45, 2.75) is 71.6 Å². The fourth-order valence-corrected chi connectivity index (χ4v) is 4.07. The molecule has 0 bridgehead atoms. The second-order valence-corrected chi connectivity index (χ2v) is 6.42. The molecule has 0 aromatic carbocycles. The zero-order valence-electron chi connectivity index (χ0n) is 10.7. The van der Waals surface area contributed by atoms with Gasteiger partial charge in [0.2, 0.25) is 0 Å². The lowest BCUT2D eigenvalue weighted by molar-refractivity contribution is 0.212. The summed E-state index contributed by atoms with van der Waals surface area (Å²) in [6, 6.07) is 0. The van der Waals surface area contributed by atoms with Crippen molar-refractivity contribution in [3.8, 4) is 0 Å². The van der Waals surface area contributed by atoms with Gasteiger partial charge in [-0.15, -0.1) is 0 Å². The van der Waals surface area contributed by atoms with Crippen molar-refractivity contribution >= 4 is 0 Å². The lowest BCUT2D eigenvalue weighted by Gasteiger charge is -2.30. The highest BCUT2D eigenvalue weighted by molar-refractivity contribution is 4.79. The van der Waals surface area contributed by atoms with Crippen LogP contribution in [0.15, 0.2) is 0 Å². The van der Waals surface area contributed by atoms with Crippen molar-refractivity contribution in [1.29, 1.82) is 0 Å². The zero-order chi connectivity index (χ0) is 10.7. The zero-order valence-corrected chi connectivity index (χ0v) is 10.7. The van der Waals surface area contributed by atoms with Gasteiger partial charge in [-0.25, -0.2) is 0 Å². The second kappa shape index (κ2) is 5.37. The molecule has 0 aliphatic heterocycles. The maximum Gasteiger partial charge on any atom is -0.0383 e. The first-order chi connectivity index (χ1) is 7.25. The van der Waals surface area contributed by atoms with Gasteiger partial charge in [0.15, 0.2) is 0 Å². The Morgan fingerprint density at radius 2 is 1.33 bits per heavy atom. The van der Waals surface area contributed by atoms with E-state index in [1.54, 1.807) is 12.8 Å². The van der Waals surface area contributed by atoms with Crippen molar-refractivity contribution < 1.29 is 0 Å². The molecule has 0 radical (unpaired) electrons. The summed E-state index contributed by atoms with van der Waals surface area (Å²) in [4.78, 5) is 0. The summed E-state index contributed by atoms with van der Waals surface area (Å²) < 4.78 is 0. The van der Waals surface area contributed by atoms with Crippen LogP contribution in [0.3, 0.4) is 0 Å². The quantitative estimate of drug-likeness (QED) is 0.530. The van der Waals surface area contributed by atoms with Crippen LogP contribution >= 0.6 is 0 Å². The first-order valence-corrected chi connectivity index (χ1v) is 7.25. The Morgan fingerprint density at radius 3 is 2.07 bits per heavy atom. The van der Waals surface area contributed by atoms with E-state index >= 15 is 0 Å². The van der Waals surface area contributed by atoms with E-state index in [2.05, 4.69) is 13.8 Å². The molecule has 0 spiro atoms. The van der Waals surface area contributed by atoms with Crippen LogP contribution in [-0.4, -0.2) is 0 Å². The largest absolute Gasteiger partial charge is 0.0625 e. The first kappa shape index (κ1) is 11.5. The molecule has 0 aromatic rings. The summed E-state index contributed by atoms with van der Waals surface area (Å²) in [5.74, 6) is 4.18. The van der Waals surface area contributed by atoms with Gasteiger partial charge in [0.25, 0.3) is 0 Å². The molecule has 2 rings (SSSR count). The maximum absolute atomic E-state index is 2.48. The third kappa shape index (κ3) is 3.23. The molecule has 2 aliphatic rings. The molecule has 0 heterocycles. The molecule has 0 N–H and O–H groups in total. The van der Waals surface area contributed by atoms with Crippen LogP contribution < -0.4 is 0 Å². The van der Waals surface area contributed by atoms with E-state index in [1.165, 1.54) is 44.9 Å². The van der Waals surface area contributed by atoms with Gasteiger partial charge in [-0.2, -0.15) is 0 Å². The van der Waals surface area contributed by atoms with Crippen molar-refractivity contribution in [2.75, 3.05) is 0 Å². The minimum Gasteiger partial charge on any atom is -0.0625 e. The van der Waals surface area contributed by atoms with E-state index in [9.17, 15) is 0 Å². The highest BCUT2D eigenvalue weighted by atomic mass is 14.3. The number of hydrogen-bond acceptors (Lipinski definition) is 0. The molecule has 2 aliphatic carbocycles. The maximum atomic E-state index is 2.48. The predicted molar refractivity (Wildman–Crippen MR) is 66.9 cm³/mol. The highest BCUT2D eigenvalue weighted by Crippen LogP contribution is 2.40. The average molecular weight is 208 g/mol. The van der Waals surface area contributed by atoms with Crippen molar-refractivity contribution in [3.05, 3.63) is 0 Å². The summed E-state index contributed by atoms with van der Waals surface area (Å²) >= 11 is 0. The third-order valence-corrected chi connectivity index (χ3v) is 4.86. The van der Waals surface area contributed by atoms with Gasteiger partial charge < -0.3 is 0 Å². The third-order valence-electron chi connectivity index (χ3n) is 4.86. The Hall–Kier alpha value is 0. The predicted octanol–water partition coefficient (Wildman–Crippen LogP) is 5.03. The van der Waals surface area contributed by atoms with Crippen LogP contribution in [0.2, 0.25) is 0 Å². The van der Waals surface area contributed by atoms with Gasteiger partial charge in [0, 0.05) is 0 Å². The standard InChI is InChI=1S/C15H28/c1-12-8-9-15(11-13(2)10-12)14-6-4-3-5-7-14/h12-15H,3-11H2,1-2H3. The minimum atomic E-state index is 0.994. The Kier molecular flexibility index (Phi) is 4.11. The molecule has 0 heteroatoms. The van der Waals surface area contributed by atoms with Crippen molar-refractivity contribution in [2.24, 2.45) is 23.7 Å². The molecular formula is C15H28. The average Bonchev–Trinajstić information content (AvgIpc) is 2.41. The van der Waals surface area contributed by atoms with Crippen LogP contribution in [0.25, 0.3) is 0 Å². The van der Waals surface area contributed by atoms with Crippen molar-refractivity contribution in [3.63, 3.8) is 0 Å². The monoisotopic (exact) mass is 208 g/mol. The van der Waals surface area contributed by atoms with Crippen LogP contribution in [-0.2, 0) is 0 Å². The highest BCUT2D eigenvalue weighted by Gasteiger charge is 2.28. The fraction of sp³-hybridized carbons (Fsp3) is 1.00. The molecule has 0 amide bonds. The van der Waals surface area contributed by atoms with Crippen LogP contribution in [0.4, 0.5) is 0 Å². The molecule has 0 aromatic heterocycles. The second-order valence-electron chi connectivity index (χ2n) is 6.42. The Bertz CT molecular complexity index is 178. The van der Waals surface area contributed by atoms with Crippen molar-refractivity contribution in [1.82, 2.24) is 0 Å². The van der Waals surface area contributed by atoms with E-state index < -0.39 is 0 Å². The normalized spacial score (nSPS) is 40.0. The van der Waals surface area contributed by atoms with E-state index in [1.807, 2.05) is 0 Å². The number of hydrogen-bond donors (Lipinski definition) is 0. The van der Waals surface area contributed by atoms with Gasteiger partial charge in [-0.05, 0) is 42.9 Å². The minimum absolute atomic E-state index is 0.994. The van der Waals surface area contributed by atoms with Gasteiger partial charge in [-0.1, -0.05) is 52.4 Å². The Balaban J connectivity index is 1.89. The van der Waals surface area contributed by atoms with Gasteiger partial charge in [0.05, 0.1) is 0 Å². The van der Waals surface area contributed by atoms with Gasteiger partial charge in [0.1, 0.15) is 0 Å².